The predicted octanol–water partition coefficient (Wildman–Crippen LogP) is 3.88. The third kappa shape index (κ3) is 5.01. The van der Waals surface area contributed by atoms with Gasteiger partial charge in [-0.15, -0.1) is 0 Å². The Labute approximate surface area is 174 Å². The fraction of sp³-hybridized carbons (Fsp3) is 0.421. The Kier molecular flexibility index (Phi) is 6.27. The first-order chi connectivity index (χ1) is 13.1. The zero-order valence-corrected chi connectivity index (χ0v) is 17.9. The molecule has 28 heavy (non-hydrogen) atoms. The van der Waals surface area contributed by atoms with Crippen molar-refractivity contribution in [2.75, 3.05) is 11.5 Å². The highest BCUT2D eigenvalue weighted by Crippen LogP contribution is 2.29. The van der Waals surface area contributed by atoms with Crippen LogP contribution in [0.4, 0.5) is 0 Å². The highest BCUT2D eigenvalue weighted by molar-refractivity contribution is 7.91. The zero-order chi connectivity index (χ0) is 20.5. The molecule has 1 aliphatic heterocycles. The van der Waals surface area contributed by atoms with Crippen molar-refractivity contribution in [1.29, 1.82) is 0 Å². The van der Waals surface area contributed by atoms with E-state index >= 15 is 0 Å². The molecule has 0 spiro atoms. The van der Waals surface area contributed by atoms with Crippen LogP contribution in [0.5, 0.6) is 5.75 Å². The van der Waals surface area contributed by atoms with Gasteiger partial charge in [-0.05, 0) is 50.6 Å². The maximum absolute atomic E-state index is 13.1. The largest absolute Gasteiger partial charge is 0.479 e. The van der Waals surface area contributed by atoms with Gasteiger partial charge < -0.3 is 14.1 Å². The summed E-state index contributed by atoms with van der Waals surface area (Å²) in [4.78, 5) is 14.7. The van der Waals surface area contributed by atoms with Crippen LogP contribution in [0.15, 0.2) is 34.7 Å². The lowest BCUT2D eigenvalue weighted by Crippen LogP contribution is -2.46. The smallest absolute Gasteiger partial charge is 0.264 e. The molecule has 1 saturated heterocycles. The van der Waals surface area contributed by atoms with E-state index in [4.69, 9.17) is 32.4 Å². The fourth-order valence-corrected chi connectivity index (χ4v) is 5.38. The Balaban J connectivity index is 1.80. The summed E-state index contributed by atoms with van der Waals surface area (Å²) in [7, 11) is -3.16. The van der Waals surface area contributed by atoms with E-state index < -0.39 is 22.0 Å². The van der Waals surface area contributed by atoms with Gasteiger partial charge in [-0.25, -0.2) is 8.42 Å². The van der Waals surface area contributed by atoms with Crippen LogP contribution in [-0.4, -0.2) is 42.9 Å². The molecule has 2 atom stereocenters. The number of ether oxygens (including phenoxy) is 1. The molecule has 3 rings (SSSR count). The van der Waals surface area contributed by atoms with Gasteiger partial charge in [-0.1, -0.05) is 23.2 Å². The van der Waals surface area contributed by atoms with Gasteiger partial charge in [0.1, 0.15) is 17.3 Å². The first-order valence-corrected chi connectivity index (χ1v) is 11.4. The Morgan fingerprint density at radius 3 is 2.64 bits per heavy atom. The first kappa shape index (κ1) is 21.0. The summed E-state index contributed by atoms with van der Waals surface area (Å²) in [6, 6.07) is 7.90. The van der Waals surface area contributed by atoms with Crippen molar-refractivity contribution in [2.24, 2.45) is 0 Å². The van der Waals surface area contributed by atoms with Crippen LogP contribution in [0, 0.1) is 6.92 Å². The zero-order valence-electron chi connectivity index (χ0n) is 15.5. The number of hydrogen-bond acceptors (Lipinski definition) is 5. The third-order valence-corrected chi connectivity index (χ3v) is 6.88. The average Bonchev–Trinajstić information content (AvgIpc) is 3.19. The SMILES string of the molecule is Cc1ccc(CN(C(=O)[C@@H](C)Oc2ccc(Cl)cc2Cl)[C@H]2CCS(=O)(=O)C2)o1. The van der Waals surface area contributed by atoms with Gasteiger partial charge in [0.25, 0.3) is 5.91 Å². The molecule has 6 nitrogen and oxygen atoms in total. The molecule has 1 aliphatic rings. The van der Waals surface area contributed by atoms with Crippen molar-refractivity contribution in [3.05, 3.63) is 51.9 Å². The summed E-state index contributed by atoms with van der Waals surface area (Å²) < 4.78 is 35.2. The number of halogens is 2. The molecule has 0 radical (unpaired) electrons. The summed E-state index contributed by atoms with van der Waals surface area (Å²) >= 11 is 12.0. The molecule has 0 aliphatic carbocycles. The lowest BCUT2D eigenvalue weighted by Gasteiger charge is -2.30. The lowest BCUT2D eigenvalue weighted by molar-refractivity contribution is -0.140. The molecule has 2 aromatic rings. The Bertz CT molecular complexity index is 972. The number of rotatable bonds is 6. The van der Waals surface area contributed by atoms with E-state index in [1.54, 1.807) is 31.2 Å². The van der Waals surface area contributed by atoms with Gasteiger partial charge in [-0.3, -0.25) is 4.79 Å². The number of amides is 1. The van der Waals surface area contributed by atoms with Gasteiger partial charge >= 0.3 is 0 Å². The standard InChI is InChI=1S/C19H21Cl2NO5S/c1-12-3-5-16(26-12)10-22(15-7-8-28(24,25)11-15)19(23)13(2)27-18-6-4-14(20)9-17(18)21/h3-6,9,13,15H,7-8,10-11H2,1-2H3/t13-,15+/m1/s1. The van der Waals surface area contributed by atoms with E-state index in [1.165, 1.54) is 11.0 Å². The molecule has 2 heterocycles. The summed E-state index contributed by atoms with van der Waals surface area (Å²) in [6.07, 6.45) is -0.472. The van der Waals surface area contributed by atoms with Crippen molar-refractivity contribution in [1.82, 2.24) is 4.90 Å². The number of carbonyl (C=O) groups is 1. The van der Waals surface area contributed by atoms with E-state index in [0.717, 1.165) is 5.76 Å². The summed E-state index contributed by atoms with van der Waals surface area (Å²) in [5.41, 5.74) is 0. The summed E-state index contributed by atoms with van der Waals surface area (Å²) in [5, 5.41) is 0.756. The number of furan rings is 1. The number of nitrogens with zero attached hydrogens (tertiary/aromatic N) is 1. The summed E-state index contributed by atoms with van der Waals surface area (Å²) in [6.45, 7) is 3.59. The van der Waals surface area contributed by atoms with Gasteiger partial charge in [0.05, 0.1) is 23.1 Å². The van der Waals surface area contributed by atoms with Crippen molar-refractivity contribution in [2.45, 2.75) is 39.0 Å². The van der Waals surface area contributed by atoms with E-state index in [1.807, 2.05) is 6.92 Å². The minimum absolute atomic E-state index is 0.0626. The predicted molar refractivity (Wildman–Crippen MR) is 108 cm³/mol. The molecular formula is C19H21Cl2NO5S. The van der Waals surface area contributed by atoms with Crippen LogP contribution in [0.3, 0.4) is 0 Å². The van der Waals surface area contributed by atoms with Crippen LogP contribution in [0.1, 0.15) is 24.9 Å². The molecule has 1 aromatic heterocycles. The first-order valence-electron chi connectivity index (χ1n) is 8.82. The molecule has 1 amide bonds. The molecule has 0 unspecified atom stereocenters. The lowest BCUT2D eigenvalue weighted by atomic mass is 10.2. The second kappa shape index (κ2) is 8.35. The third-order valence-electron chi connectivity index (χ3n) is 4.60. The number of aryl methyl sites for hydroxylation is 1. The molecule has 1 aromatic carbocycles. The molecule has 9 heteroatoms. The Morgan fingerprint density at radius 2 is 2.07 bits per heavy atom. The quantitative estimate of drug-likeness (QED) is 0.673. The summed E-state index contributed by atoms with van der Waals surface area (Å²) in [5.74, 6) is 1.32. The van der Waals surface area contributed by atoms with E-state index in [9.17, 15) is 13.2 Å². The van der Waals surface area contributed by atoms with Gasteiger partial charge in [0.2, 0.25) is 0 Å². The van der Waals surface area contributed by atoms with E-state index in [2.05, 4.69) is 0 Å². The van der Waals surface area contributed by atoms with Gasteiger partial charge in [0, 0.05) is 11.1 Å². The number of sulfone groups is 1. The molecule has 0 N–H and O–H groups in total. The van der Waals surface area contributed by atoms with Crippen LogP contribution in [0.2, 0.25) is 10.0 Å². The maximum atomic E-state index is 13.1. The minimum atomic E-state index is -3.16. The normalized spacial score (nSPS) is 19.4. The van der Waals surface area contributed by atoms with Crippen molar-refractivity contribution >= 4 is 38.9 Å². The minimum Gasteiger partial charge on any atom is -0.479 e. The Morgan fingerprint density at radius 1 is 1.32 bits per heavy atom. The Hall–Kier alpha value is -1.70. The van der Waals surface area contributed by atoms with E-state index in [0.29, 0.717) is 28.0 Å². The van der Waals surface area contributed by atoms with Crippen molar-refractivity contribution in [3.63, 3.8) is 0 Å². The maximum Gasteiger partial charge on any atom is 0.264 e. The molecule has 0 saturated carbocycles. The van der Waals surface area contributed by atoms with E-state index in [-0.39, 0.29) is 24.0 Å². The van der Waals surface area contributed by atoms with Crippen LogP contribution in [-0.2, 0) is 21.2 Å². The van der Waals surface area contributed by atoms with Gasteiger partial charge in [-0.2, -0.15) is 0 Å². The molecular weight excluding hydrogens is 425 g/mol. The highest BCUT2D eigenvalue weighted by Gasteiger charge is 2.37. The second-order valence-electron chi connectivity index (χ2n) is 6.87. The number of benzene rings is 1. The second-order valence-corrected chi connectivity index (χ2v) is 9.94. The van der Waals surface area contributed by atoms with Crippen molar-refractivity contribution < 1.29 is 22.4 Å². The average molecular weight is 446 g/mol. The van der Waals surface area contributed by atoms with Crippen LogP contribution >= 0.6 is 23.2 Å². The van der Waals surface area contributed by atoms with Crippen molar-refractivity contribution in [3.8, 4) is 5.75 Å². The topological polar surface area (TPSA) is 76.8 Å². The monoisotopic (exact) mass is 445 g/mol. The number of hydrogen-bond donors (Lipinski definition) is 0. The number of carbonyl (C=O) groups excluding carboxylic acids is 1. The van der Waals surface area contributed by atoms with Crippen LogP contribution < -0.4 is 4.74 Å². The molecule has 1 fully saturated rings. The highest BCUT2D eigenvalue weighted by atomic mass is 35.5. The molecule has 152 valence electrons. The van der Waals surface area contributed by atoms with Crippen LogP contribution in [0.25, 0.3) is 0 Å². The fourth-order valence-electron chi connectivity index (χ4n) is 3.19. The molecule has 0 bridgehead atoms. The van der Waals surface area contributed by atoms with Gasteiger partial charge in [0.15, 0.2) is 15.9 Å².